The summed E-state index contributed by atoms with van der Waals surface area (Å²) in [4.78, 5) is 0. The fourth-order valence-corrected chi connectivity index (χ4v) is 3.62. The Hall–Kier alpha value is -1.88. The number of hydrogen-bond acceptors (Lipinski definition) is 1. The van der Waals surface area contributed by atoms with Crippen LogP contribution in [0.3, 0.4) is 0 Å². The third-order valence-corrected chi connectivity index (χ3v) is 5.62. The fourth-order valence-electron chi connectivity index (χ4n) is 3.62. The molecule has 0 bridgehead atoms. The zero-order valence-electron chi connectivity index (χ0n) is 18.4. The van der Waals surface area contributed by atoms with Crippen molar-refractivity contribution in [2.75, 3.05) is 6.61 Å². The molecule has 0 atom stereocenters. The van der Waals surface area contributed by atoms with E-state index in [4.69, 9.17) is 0 Å². The highest BCUT2D eigenvalue weighted by atomic mass is 19.3. The molecule has 0 saturated carbocycles. The Morgan fingerprint density at radius 3 is 1.50 bits per heavy atom. The Bertz CT molecular complexity index is 801. The smallest absolute Gasteiger partial charge is 0.316 e. The van der Waals surface area contributed by atoms with Gasteiger partial charge in [-0.25, -0.2) is 8.78 Å². The van der Waals surface area contributed by atoms with Gasteiger partial charge in [-0.1, -0.05) is 104 Å². The second-order valence-electron chi connectivity index (χ2n) is 8.07. The van der Waals surface area contributed by atoms with E-state index < -0.39 is 23.3 Å². The van der Waals surface area contributed by atoms with Crippen molar-refractivity contribution in [1.29, 1.82) is 0 Å². The van der Waals surface area contributed by atoms with Crippen molar-refractivity contribution < 1.29 is 22.3 Å². The summed E-state index contributed by atoms with van der Waals surface area (Å²) in [6, 6.07) is 5.84. The Balaban J connectivity index is -0.000000240. The number of ether oxygens (including phenoxy) is 1. The minimum Gasteiger partial charge on any atom is -0.316 e. The zero-order chi connectivity index (χ0) is 22.3. The van der Waals surface area contributed by atoms with Crippen LogP contribution in [0.25, 0.3) is 0 Å². The van der Waals surface area contributed by atoms with E-state index in [1.54, 1.807) is 0 Å². The van der Waals surface area contributed by atoms with E-state index in [0.29, 0.717) is 12.0 Å². The summed E-state index contributed by atoms with van der Waals surface area (Å²) in [7, 11) is 0. The second-order valence-corrected chi connectivity index (χ2v) is 8.07. The Morgan fingerprint density at radius 2 is 1.05 bits per heavy atom. The van der Waals surface area contributed by atoms with Crippen LogP contribution in [-0.4, -0.2) is 6.61 Å². The summed E-state index contributed by atoms with van der Waals surface area (Å²) in [5.74, 6) is -2.52. The molecule has 5 heteroatoms. The normalized spacial score (nSPS) is 9.37. The van der Waals surface area contributed by atoms with E-state index in [-0.39, 0.29) is 72.4 Å². The van der Waals surface area contributed by atoms with Gasteiger partial charge in [0.2, 0.25) is 0 Å². The minimum atomic E-state index is -4.03. The maximum atomic E-state index is 14.4. The molecule has 2 aromatic rings. The largest absolute Gasteiger partial charge is 0.389 e. The standard InChI is InChI=1S/C25H32F4O.8CH4/c1-5-6-7-8-9-10-20-15-22(26)24(23(27)16-20)25(28,29)30-12-11-21-13-17(2)19(4)18(3)14-21;;;;;;;;/h13-16H,5-12H2,1-4H3;8*1H4. The van der Waals surface area contributed by atoms with Gasteiger partial charge in [0, 0.05) is 0 Å². The maximum Gasteiger partial charge on any atom is 0.389 e. The Kier molecular flexibility index (Phi) is 33.4. The number of benzene rings is 2. The molecule has 2 aromatic carbocycles. The van der Waals surface area contributed by atoms with Crippen molar-refractivity contribution in [3.63, 3.8) is 0 Å². The highest BCUT2D eigenvalue weighted by molar-refractivity contribution is 5.37. The lowest BCUT2D eigenvalue weighted by Gasteiger charge is -2.19. The van der Waals surface area contributed by atoms with Gasteiger partial charge >= 0.3 is 6.11 Å². The molecule has 0 radical (unpaired) electrons. The lowest BCUT2D eigenvalue weighted by atomic mass is 9.99. The van der Waals surface area contributed by atoms with Crippen molar-refractivity contribution in [2.45, 2.75) is 138 Å². The van der Waals surface area contributed by atoms with Crippen LogP contribution in [0.1, 0.15) is 132 Å². The van der Waals surface area contributed by atoms with Gasteiger partial charge in [-0.3, -0.25) is 0 Å². The lowest BCUT2D eigenvalue weighted by molar-refractivity contribution is -0.251. The molecular weight excluding hydrogens is 488 g/mol. The number of hydrogen-bond donors (Lipinski definition) is 0. The molecule has 0 saturated heterocycles. The first-order chi connectivity index (χ1) is 14.2. The molecule has 0 spiro atoms. The summed E-state index contributed by atoms with van der Waals surface area (Å²) in [6.07, 6.45) is 1.70. The molecule has 0 heterocycles. The molecule has 0 unspecified atom stereocenters. The van der Waals surface area contributed by atoms with E-state index in [9.17, 15) is 17.6 Å². The average molecular weight is 553 g/mol. The van der Waals surface area contributed by atoms with Crippen LogP contribution in [0.4, 0.5) is 17.6 Å². The van der Waals surface area contributed by atoms with Crippen molar-refractivity contribution >= 4 is 0 Å². The van der Waals surface area contributed by atoms with Gasteiger partial charge in [0.25, 0.3) is 0 Å². The number of unbranched alkanes of at least 4 members (excludes halogenated alkanes) is 4. The highest BCUT2D eigenvalue weighted by Gasteiger charge is 2.39. The van der Waals surface area contributed by atoms with Crippen LogP contribution in [0, 0.1) is 32.4 Å². The number of halogens is 4. The van der Waals surface area contributed by atoms with Crippen molar-refractivity contribution in [3.05, 3.63) is 69.3 Å². The lowest BCUT2D eigenvalue weighted by Crippen LogP contribution is -2.23. The Morgan fingerprint density at radius 1 is 0.632 bits per heavy atom. The predicted molar refractivity (Wildman–Crippen MR) is 167 cm³/mol. The van der Waals surface area contributed by atoms with Gasteiger partial charge in [0.1, 0.15) is 17.2 Å². The number of alkyl halides is 2. The van der Waals surface area contributed by atoms with Gasteiger partial charge in [0.15, 0.2) is 0 Å². The van der Waals surface area contributed by atoms with E-state index in [2.05, 4.69) is 11.7 Å². The van der Waals surface area contributed by atoms with Gasteiger partial charge in [-0.15, -0.1) is 0 Å². The third kappa shape index (κ3) is 14.9. The quantitative estimate of drug-likeness (QED) is 0.199. The summed E-state index contributed by atoms with van der Waals surface area (Å²) in [5.41, 5.74) is 3.23. The highest BCUT2D eigenvalue weighted by Crippen LogP contribution is 2.34. The molecule has 0 aliphatic rings. The molecule has 1 nitrogen and oxygen atoms in total. The fraction of sp³-hybridized carbons (Fsp3) is 0.636. The number of rotatable bonds is 11. The van der Waals surface area contributed by atoms with Gasteiger partial charge in [-0.2, -0.15) is 8.78 Å². The summed E-state index contributed by atoms with van der Waals surface area (Å²) < 4.78 is 62.2. The predicted octanol–water partition coefficient (Wildman–Crippen LogP) is 12.8. The molecule has 0 aliphatic heterocycles. The molecule has 0 N–H and O–H groups in total. The van der Waals surface area contributed by atoms with Crippen LogP contribution >= 0.6 is 0 Å². The first-order valence-electron chi connectivity index (χ1n) is 10.7. The first kappa shape index (κ1) is 52.5. The zero-order valence-corrected chi connectivity index (χ0v) is 18.4. The monoisotopic (exact) mass is 552 g/mol. The Labute approximate surface area is 236 Å². The summed E-state index contributed by atoms with van der Waals surface area (Å²) in [6.45, 7) is 7.68. The van der Waals surface area contributed by atoms with E-state index in [0.717, 1.165) is 66.5 Å². The topological polar surface area (TPSA) is 9.23 Å². The van der Waals surface area contributed by atoms with Crippen molar-refractivity contribution in [2.24, 2.45) is 0 Å². The van der Waals surface area contributed by atoms with Crippen LogP contribution in [-0.2, 0) is 23.7 Å². The van der Waals surface area contributed by atoms with Gasteiger partial charge in [-0.05, 0) is 80.0 Å². The molecular formula is C33H64F4O. The SMILES string of the molecule is C.C.C.C.C.C.C.C.CCCCCCCc1cc(F)c(C(F)(F)OCCc2cc(C)c(C)c(C)c2)c(F)c1. The second kappa shape index (κ2) is 24.2. The summed E-state index contributed by atoms with van der Waals surface area (Å²) in [5, 5.41) is 0. The van der Waals surface area contributed by atoms with E-state index in [1.165, 1.54) is 0 Å². The molecule has 0 amide bonds. The van der Waals surface area contributed by atoms with Crippen LogP contribution < -0.4 is 0 Å². The van der Waals surface area contributed by atoms with Crippen LogP contribution in [0.2, 0.25) is 0 Å². The van der Waals surface area contributed by atoms with Crippen LogP contribution in [0.15, 0.2) is 24.3 Å². The molecule has 2 rings (SSSR count). The molecule has 0 aromatic heterocycles. The minimum absolute atomic E-state index is 0. The number of aryl methyl sites for hydroxylation is 3. The van der Waals surface area contributed by atoms with E-state index in [1.807, 2.05) is 32.9 Å². The van der Waals surface area contributed by atoms with Gasteiger partial charge < -0.3 is 4.74 Å². The average Bonchev–Trinajstić information content (AvgIpc) is 2.65. The molecule has 230 valence electrons. The van der Waals surface area contributed by atoms with Crippen LogP contribution in [0.5, 0.6) is 0 Å². The third-order valence-electron chi connectivity index (χ3n) is 5.62. The maximum absolute atomic E-state index is 14.4. The van der Waals surface area contributed by atoms with E-state index >= 15 is 0 Å². The van der Waals surface area contributed by atoms with Gasteiger partial charge in [0.05, 0.1) is 6.61 Å². The first-order valence-corrected chi connectivity index (χ1v) is 10.7. The van der Waals surface area contributed by atoms with Crippen molar-refractivity contribution in [3.8, 4) is 0 Å². The molecule has 0 fully saturated rings. The molecule has 38 heavy (non-hydrogen) atoms. The summed E-state index contributed by atoms with van der Waals surface area (Å²) >= 11 is 0. The molecule has 0 aliphatic carbocycles. The van der Waals surface area contributed by atoms with Crippen molar-refractivity contribution in [1.82, 2.24) is 0 Å².